The van der Waals surface area contributed by atoms with Gasteiger partial charge in [-0.1, -0.05) is 0 Å². The van der Waals surface area contributed by atoms with Crippen LogP contribution in [0.25, 0.3) is 0 Å². The first-order valence-corrected chi connectivity index (χ1v) is 6.58. The average Bonchev–Trinajstić information content (AvgIpc) is 2.80. The number of amides is 2. The molecule has 0 aromatic heterocycles. The van der Waals surface area contributed by atoms with Gasteiger partial charge in [-0.25, -0.2) is 9.59 Å². The zero-order valence-electron chi connectivity index (χ0n) is 11.6. The van der Waals surface area contributed by atoms with Gasteiger partial charge in [0.2, 0.25) is 0 Å². The molecule has 0 aromatic rings. The predicted octanol–water partition coefficient (Wildman–Crippen LogP) is -0.731. The summed E-state index contributed by atoms with van der Waals surface area (Å²) in [5.74, 6) is -1.10. The number of nitrogens with one attached hydrogen (secondary N) is 1. The molecule has 1 saturated heterocycles. The van der Waals surface area contributed by atoms with Crippen LogP contribution >= 0.6 is 0 Å². The minimum atomic E-state index is -1.10. The van der Waals surface area contributed by atoms with E-state index in [1.165, 1.54) is 0 Å². The molecule has 1 aliphatic heterocycles. The number of aliphatic hydroxyl groups is 1. The van der Waals surface area contributed by atoms with Crippen molar-refractivity contribution < 1.29 is 29.3 Å². The van der Waals surface area contributed by atoms with E-state index in [4.69, 9.17) is 14.6 Å². The van der Waals surface area contributed by atoms with Crippen molar-refractivity contribution in [3.05, 3.63) is 0 Å². The number of likely N-dealkylation sites (tertiary alicyclic amines) is 1. The molecule has 2 amide bonds. The number of hydrogen-bond acceptors (Lipinski definition) is 5. The van der Waals surface area contributed by atoms with Crippen LogP contribution in [0.3, 0.4) is 0 Å². The van der Waals surface area contributed by atoms with Gasteiger partial charge in [-0.3, -0.25) is 0 Å². The van der Waals surface area contributed by atoms with Gasteiger partial charge < -0.3 is 29.9 Å². The third-order valence-corrected chi connectivity index (χ3v) is 3.00. The number of hydrogen-bond donors (Lipinski definition) is 3. The molecule has 2 atom stereocenters. The van der Waals surface area contributed by atoms with Crippen LogP contribution in [-0.2, 0) is 14.3 Å². The van der Waals surface area contributed by atoms with Crippen LogP contribution in [0.2, 0.25) is 0 Å². The number of methoxy groups -OCH3 is 1. The molecule has 0 unspecified atom stereocenters. The Morgan fingerprint density at radius 1 is 1.35 bits per heavy atom. The van der Waals surface area contributed by atoms with Crippen molar-refractivity contribution >= 4 is 12.0 Å². The van der Waals surface area contributed by atoms with Crippen molar-refractivity contribution in [2.24, 2.45) is 0 Å². The lowest BCUT2D eigenvalue weighted by molar-refractivity contribution is -0.141. The Balaban J connectivity index is 2.20. The van der Waals surface area contributed by atoms with Crippen molar-refractivity contribution in [2.75, 3.05) is 40.0 Å². The Kier molecular flexibility index (Phi) is 7.27. The minimum absolute atomic E-state index is 0.0487. The second-order valence-corrected chi connectivity index (χ2v) is 4.59. The summed E-state index contributed by atoms with van der Waals surface area (Å²) in [5, 5.41) is 21.0. The van der Waals surface area contributed by atoms with Gasteiger partial charge in [0, 0.05) is 33.2 Å². The molecule has 0 aliphatic carbocycles. The number of carboxylic acids is 1. The van der Waals surface area contributed by atoms with E-state index in [1.807, 2.05) is 0 Å². The molecule has 0 spiro atoms. The van der Waals surface area contributed by atoms with Crippen LogP contribution in [0.15, 0.2) is 0 Å². The Labute approximate surface area is 117 Å². The maximum atomic E-state index is 11.8. The van der Waals surface area contributed by atoms with Gasteiger partial charge >= 0.3 is 12.0 Å². The SMILES string of the molecule is COCCOCCCNC(=O)N1C[C@H](O)C[C@H]1C(=O)O. The number of aliphatic hydroxyl groups excluding tert-OH is 1. The van der Waals surface area contributed by atoms with Crippen LogP contribution in [0, 0.1) is 0 Å². The van der Waals surface area contributed by atoms with E-state index in [1.54, 1.807) is 7.11 Å². The summed E-state index contributed by atoms with van der Waals surface area (Å²) >= 11 is 0. The van der Waals surface area contributed by atoms with E-state index >= 15 is 0 Å². The van der Waals surface area contributed by atoms with E-state index in [2.05, 4.69) is 5.32 Å². The second kappa shape index (κ2) is 8.72. The van der Waals surface area contributed by atoms with Gasteiger partial charge in [0.15, 0.2) is 0 Å². The highest BCUT2D eigenvalue weighted by Crippen LogP contribution is 2.17. The molecule has 3 N–H and O–H groups in total. The summed E-state index contributed by atoms with van der Waals surface area (Å²) in [6, 6.07) is -1.42. The molecule has 1 aliphatic rings. The third kappa shape index (κ3) is 5.32. The van der Waals surface area contributed by atoms with Crippen LogP contribution in [-0.4, -0.2) is 79.3 Å². The van der Waals surface area contributed by atoms with Crippen molar-refractivity contribution in [3.63, 3.8) is 0 Å². The number of carbonyl (C=O) groups is 2. The van der Waals surface area contributed by atoms with Crippen molar-refractivity contribution in [1.82, 2.24) is 10.2 Å². The predicted molar refractivity (Wildman–Crippen MR) is 69.5 cm³/mol. The van der Waals surface area contributed by atoms with Crippen molar-refractivity contribution in [1.29, 1.82) is 0 Å². The molecular formula is C12H22N2O6. The highest BCUT2D eigenvalue weighted by atomic mass is 16.5. The van der Waals surface area contributed by atoms with Gasteiger partial charge in [0.25, 0.3) is 0 Å². The molecule has 0 aromatic carbocycles. The Morgan fingerprint density at radius 3 is 2.75 bits per heavy atom. The molecule has 0 radical (unpaired) electrons. The number of carboxylic acid groups (broad SMARTS) is 1. The van der Waals surface area contributed by atoms with Gasteiger partial charge in [0.1, 0.15) is 6.04 Å². The number of carbonyl (C=O) groups excluding carboxylic acids is 1. The molecule has 1 fully saturated rings. The summed E-state index contributed by atoms with van der Waals surface area (Å²) in [5.41, 5.74) is 0. The fraction of sp³-hybridized carbons (Fsp3) is 0.833. The summed E-state index contributed by atoms with van der Waals surface area (Å²) in [6.45, 7) is 1.97. The zero-order valence-corrected chi connectivity index (χ0v) is 11.6. The van der Waals surface area contributed by atoms with Gasteiger partial charge in [0.05, 0.1) is 19.3 Å². The number of aliphatic carboxylic acids is 1. The highest BCUT2D eigenvalue weighted by molar-refractivity contribution is 5.83. The number of β-amino-alcohol motifs (C(OH)–C–C–N with tert-alkyl or cyclic N) is 1. The fourth-order valence-electron chi connectivity index (χ4n) is 1.99. The number of ether oxygens (including phenoxy) is 2. The number of nitrogens with zero attached hydrogens (tertiary/aromatic N) is 1. The first-order valence-electron chi connectivity index (χ1n) is 6.58. The summed E-state index contributed by atoms with van der Waals surface area (Å²) in [7, 11) is 1.59. The third-order valence-electron chi connectivity index (χ3n) is 3.00. The quantitative estimate of drug-likeness (QED) is 0.509. The van der Waals surface area contributed by atoms with E-state index < -0.39 is 24.1 Å². The number of rotatable bonds is 8. The van der Waals surface area contributed by atoms with Crippen LogP contribution < -0.4 is 5.32 Å². The first kappa shape index (κ1) is 16.7. The summed E-state index contributed by atoms with van der Waals surface area (Å²) < 4.78 is 10.1. The van der Waals surface area contributed by atoms with Crippen LogP contribution in [0.4, 0.5) is 4.79 Å². The van der Waals surface area contributed by atoms with Gasteiger partial charge in [-0.15, -0.1) is 0 Å². The zero-order chi connectivity index (χ0) is 15.0. The largest absolute Gasteiger partial charge is 0.480 e. The molecule has 0 saturated carbocycles. The smallest absolute Gasteiger partial charge is 0.326 e. The lowest BCUT2D eigenvalue weighted by Crippen LogP contribution is -2.46. The van der Waals surface area contributed by atoms with E-state index in [0.717, 1.165) is 4.90 Å². The van der Waals surface area contributed by atoms with Crippen LogP contribution in [0.1, 0.15) is 12.8 Å². The van der Waals surface area contributed by atoms with Crippen LogP contribution in [0.5, 0.6) is 0 Å². The molecule has 8 heteroatoms. The van der Waals surface area contributed by atoms with Gasteiger partial charge in [-0.05, 0) is 6.42 Å². The lowest BCUT2D eigenvalue weighted by atomic mass is 10.2. The first-order chi connectivity index (χ1) is 9.56. The standard InChI is InChI=1S/C12H22N2O6/c1-19-5-6-20-4-2-3-13-12(18)14-8-9(15)7-10(14)11(16)17/h9-10,15H,2-8H2,1H3,(H,13,18)(H,16,17)/t9-,10+/m1/s1. The summed E-state index contributed by atoms with van der Waals surface area (Å²) in [6.07, 6.45) is -0.0776. The Hall–Kier alpha value is -1.38. The second-order valence-electron chi connectivity index (χ2n) is 4.59. The van der Waals surface area contributed by atoms with E-state index in [9.17, 15) is 14.7 Å². The van der Waals surface area contributed by atoms with Crippen molar-refractivity contribution in [3.8, 4) is 0 Å². The minimum Gasteiger partial charge on any atom is -0.480 e. The monoisotopic (exact) mass is 290 g/mol. The highest BCUT2D eigenvalue weighted by Gasteiger charge is 2.38. The van der Waals surface area contributed by atoms with E-state index in [0.29, 0.717) is 32.8 Å². The Bertz CT molecular complexity index is 325. The van der Waals surface area contributed by atoms with E-state index in [-0.39, 0.29) is 13.0 Å². The molecule has 116 valence electrons. The fourth-order valence-corrected chi connectivity index (χ4v) is 1.99. The Morgan fingerprint density at radius 2 is 2.10 bits per heavy atom. The topological polar surface area (TPSA) is 108 Å². The lowest BCUT2D eigenvalue weighted by Gasteiger charge is -2.21. The molecule has 1 rings (SSSR count). The maximum Gasteiger partial charge on any atom is 0.326 e. The molecule has 8 nitrogen and oxygen atoms in total. The van der Waals surface area contributed by atoms with Gasteiger partial charge in [-0.2, -0.15) is 0 Å². The normalized spacial score (nSPS) is 22.0. The maximum absolute atomic E-state index is 11.8. The molecule has 20 heavy (non-hydrogen) atoms. The average molecular weight is 290 g/mol. The van der Waals surface area contributed by atoms with Crippen molar-refractivity contribution in [2.45, 2.75) is 25.0 Å². The molecule has 0 bridgehead atoms. The number of urea groups is 1. The molecular weight excluding hydrogens is 268 g/mol. The molecule has 1 heterocycles. The summed E-state index contributed by atoms with van der Waals surface area (Å²) in [4.78, 5) is 23.9.